The summed E-state index contributed by atoms with van der Waals surface area (Å²) in [6.07, 6.45) is 0.820. The minimum absolute atomic E-state index is 0.761. The number of fused-ring (bicyclic) bond motifs is 2. The summed E-state index contributed by atoms with van der Waals surface area (Å²) < 4.78 is 1.23. The van der Waals surface area contributed by atoms with Crippen LogP contribution in [0.1, 0.15) is 16.7 Å². The van der Waals surface area contributed by atoms with Crippen LogP contribution in [0.3, 0.4) is 0 Å². The van der Waals surface area contributed by atoms with Crippen molar-refractivity contribution < 1.29 is 0 Å². The van der Waals surface area contributed by atoms with Gasteiger partial charge in [-0.05, 0) is 41.8 Å². The van der Waals surface area contributed by atoms with Crippen molar-refractivity contribution in [3.05, 3.63) is 58.6 Å². The average Bonchev–Trinajstić information content (AvgIpc) is 2.94. The zero-order chi connectivity index (χ0) is 14.2. The van der Waals surface area contributed by atoms with Gasteiger partial charge in [-0.3, -0.25) is 4.99 Å². The van der Waals surface area contributed by atoms with E-state index in [4.69, 9.17) is 0 Å². The van der Waals surface area contributed by atoms with Gasteiger partial charge >= 0.3 is 0 Å². The molecule has 0 atom stereocenters. The number of hydrogen-bond donors (Lipinski definition) is 1. The number of aryl methyl sites for hydroxylation is 1. The molecule has 104 valence electrons. The molecule has 2 heterocycles. The smallest absolute Gasteiger partial charge is 0.106 e. The van der Waals surface area contributed by atoms with Gasteiger partial charge in [0, 0.05) is 12.1 Å². The molecule has 0 bridgehead atoms. The normalized spacial score (nSPS) is 13.7. The molecular formula is C17H15N3S. The fraction of sp³-hybridized carbons (Fsp3) is 0.176. The standard InChI is InChI=1S/C17H15N3S/c1-11-2-4-13-9-18-17(20-14(13)6-11)8-12-3-5-16-15(7-12)19-10-21-16/h2-7,10H,8-9H2,1H3,(H,18,20). The molecular weight excluding hydrogens is 278 g/mol. The number of amidine groups is 1. The zero-order valence-corrected chi connectivity index (χ0v) is 12.6. The SMILES string of the molecule is Cc1ccc2c(c1)NC(Cc1ccc3scnc3c1)=NC2. The highest BCUT2D eigenvalue weighted by Crippen LogP contribution is 2.24. The van der Waals surface area contributed by atoms with E-state index >= 15 is 0 Å². The van der Waals surface area contributed by atoms with Gasteiger partial charge in [0.1, 0.15) is 5.84 Å². The van der Waals surface area contributed by atoms with Crippen LogP contribution in [0.4, 0.5) is 5.69 Å². The van der Waals surface area contributed by atoms with Gasteiger partial charge in [0.05, 0.1) is 22.3 Å². The largest absolute Gasteiger partial charge is 0.343 e. The predicted molar refractivity (Wildman–Crippen MR) is 89.3 cm³/mol. The van der Waals surface area contributed by atoms with Gasteiger partial charge in [-0.15, -0.1) is 11.3 Å². The number of hydrogen-bond acceptors (Lipinski definition) is 4. The average molecular weight is 293 g/mol. The van der Waals surface area contributed by atoms with Crippen LogP contribution in [-0.2, 0) is 13.0 Å². The molecule has 3 nitrogen and oxygen atoms in total. The van der Waals surface area contributed by atoms with Crippen LogP contribution in [0, 0.1) is 6.92 Å². The molecule has 1 aliphatic heterocycles. The van der Waals surface area contributed by atoms with E-state index in [-0.39, 0.29) is 0 Å². The van der Waals surface area contributed by atoms with Crippen molar-refractivity contribution in [1.29, 1.82) is 0 Å². The van der Waals surface area contributed by atoms with E-state index in [1.807, 2.05) is 5.51 Å². The maximum absolute atomic E-state index is 4.65. The molecule has 0 amide bonds. The molecule has 4 rings (SSSR count). The van der Waals surface area contributed by atoms with E-state index in [1.165, 1.54) is 27.1 Å². The number of benzene rings is 2. The summed E-state index contributed by atoms with van der Waals surface area (Å²) in [5.74, 6) is 1.03. The number of nitrogens with zero attached hydrogens (tertiary/aromatic N) is 2. The van der Waals surface area contributed by atoms with Crippen molar-refractivity contribution in [3.8, 4) is 0 Å². The first-order chi connectivity index (χ1) is 10.3. The third kappa shape index (κ3) is 2.43. The molecule has 0 radical (unpaired) electrons. The maximum atomic E-state index is 4.65. The Kier molecular flexibility index (Phi) is 2.97. The summed E-state index contributed by atoms with van der Waals surface area (Å²) in [7, 11) is 0. The highest BCUT2D eigenvalue weighted by Gasteiger charge is 2.12. The molecule has 0 aliphatic carbocycles. The van der Waals surface area contributed by atoms with Crippen molar-refractivity contribution in [2.45, 2.75) is 19.9 Å². The summed E-state index contributed by atoms with van der Waals surface area (Å²) in [6, 6.07) is 12.9. The van der Waals surface area contributed by atoms with Gasteiger partial charge in [0.15, 0.2) is 0 Å². The van der Waals surface area contributed by atoms with Crippen molar-refractivity contribution in [1.82, 2.24) is 4.98 Å². The van der Waals surface area contributed by atoms with Crippen LogP contribution in [-0.4, -0.2) is 10.8 Å². The number of nitrogens with one attached hydrogen (secondary N) is 1. The van der Waals surface area contributed by atoms with Crippen LogP contribution in [0.2, 0.25) is 0 Å². The summed E-state index contributed by atoms with van der Waals surface area (Å²) in [5, 5.41) is 3.46. The first-order valence-corrected chi connectivity index (χ1v) is 7.88. The fourth-order valence-corrected chi connectivity index (χ4v) is 3.29. The Morgan fingerprint density at radius 2 is 2.14 bits per heavy atom. The minimum Gasteiger partial charge on any atom is -0.343 e. The van der Waals surface area contributed by atoms with E-state index in [1.54, 1.807) is 11.3 Å². The highest BCUT2D eigenvalue weighted by molar-refractivity contribution is 7.16. The second kappa shape index (κ2) is 4.97. The third-order valence-electron chi connectivity index (χ3n) is 3.75. The number of anilines is 1. The van der Waals surface area contributed by atoms with Gasteiger partial charge in [0.25, 0.3) is 0 Å². The lowest BCUT2D eigenvalue weighted by molar-refractivity contribution is 1.03. The van der Waals surface area contributed by atoms with Gasteiger partial charge < -0.3 is 5.32 Å². The molecule has 1 N–H and O–H groups in total. The van der Waals surface area contributed by atoms with Gasteiger partial charge in [-0.1, -0.05) is 18.2 Å². The molecule has 0 saturated carbocycles. The molecule has 0 saturated heterocycles. The molecule has 2 aromatic carbocycles. The maximum Gasteiger partial charge on any atom is 0.106 e. The summed E-state index contributed by atoms with van der Waals surface area (Å²) in [6.45, 7) is 2.88. The molecule has 21 heavy (non-hydrogen) atoms. The third-order valence-corrected chi connectivity index (χ3v) is 4.56. The Morgan fingerprint density at radius 3 is 3.10 bits per heavy atom. The molecule has 0 fully saturated rings. The van der Waals surface area contributed by atoms with Gasteiger partial charge in [0.2, 0.25) is 0 Å². The van der Waals surface area contributed by atoms with Crippen LogP contribution in [0.15, 0.2) is 46.9 Å². The van der Waals surface area contributed by atoms with Crippen LogP contribution in [0.25, 0.3) is 10.2 Å². The molecule has 4 heteroatoms. The van der Waals surface area contributed by atoms with Crippen LogP contribution < -0.4 is 5.32 Å². The van der Waals surface area contributed by atoms with Crippen molar-refractivity contribution in [2.24, 2.45) is 4.99 Å². The second-order valence-electron chi connectivity index (χ2n) is 5.38. The summed E-state index contributed by atoms with van der Waals surface area (Å²) in [5.41, 5.74) is 7.94. The van der Waals surface area contributed by atoms with E-state index < -0.39 is 0 Å². The first kappa shape index (κ1) is 12.5. The number of aliphatic imine (C=N–C) groups is 1. The first-order valence-electron chi connectivity index (χ1n) is 7.00. The number of rotatable bonds is 2. The molecule has 0 unspecified atom stereocenters. The lowest BCUT2D eigenvalue weighted by Gasteiger charge is -2.19. The second-order valence-corrected chi connectivity index (χ2v) is 6.27. The Hall–Kier alpha value is -2.20. The molecule has 1 aromatic heterocycles. The van der Waals surface area contributed by atoms with Crippen molar-refractivity contribution in [3.63, 3.8) is 0 Å². The Labute approximate surface area is 127 Å². The monoisotopic (exact) mass is 293 g/mol. The molecule has 0 spiro atoms. The van der Waals surface area contributed by atoms with Crippen LogP contribution in [0.5, 0.6) is 0 Å². The Morgan fingerprint density at radius 1 is 1.19 bits per heavy atom. The quantitative estimate of drug-likeness (QED) is 0.770. The number of thiazole rings is 1. The van der Waals surface area contributed by atoms with Crippen molar-refractivity contribution >= 4 is 33.1 Å². The predicted octanol–water partition coefficient (Wildman–Crippen LogP) is 4.17. The lowest BCUT2D eigenvalue weighted by atomic mass is 10.1. The Balaban J connectivity index is 1.59. The van der Waals surface area contributed by atoms with Crippen molar-refractivity contribution in [2.75, 3.05) is 5.32 Å². The lowest BCUT2D eigenvalue weighted by Crippen LogP contribution is -2.20. The van der Waals surface area contributed by atoms with E-state index in [2.05, 4.69) is 58.6 Å². The minimum atomic E-state index is 0.761. The van der Waals surface area contributed by atoms with Crippen LogP contribution >= 0.6 is 11.3 Å². The molecule has 3 aromatic rings. The zero-order valence-electron chi connectivity index (χ0n) is 11.8. The van der Waals surface area contributed by atoms with Gasteiger partial charge in [-0.2, -0.15) is 0 Å². The summed E-state index contributed by atoms with van der Waals surface area (Å²) >= 11 is 1.68. The molecule has 1 aliphatic rings. The van der Waals surface area contributed by atoms with Gasteiger partial charge in [-0.25, -0.2) is 4.98 Å². The van der Waals surface area contributed by atoms with E-state index in [0.717, 1.165) is 24.3 Å². The number of aromatic nitrogens is 1. The summed E-state index contributed by atoms with van der Waals surface area (Å²) in [4.78, 5) is 9.03. The topological polar surface area (TPSA) is 37.3 Å². The fourth-order valence-electron chi connectivity index (χ4n) is 2.63. The van der Waals surface area contributed by atoms with E-state index in [0.29, 0.717) is 0 Å². The Bertz CT molecular complexity index is 848. The van der Waals surface area contributed by atoms with E-state index in [9.17, 15) is 0 Å². The highest BCUT2D eigenvalue weighted by atomic mass is 32.1.